The van der Waals surface area contributed by atoms with Crippen LogP contribution in [0.15, 0.2) is 23.6 Å². The highest BCUT2D eigenvalue weighted by Gasteiger charge is 2.07. The fourth-order valence-electron chi connectivity index (χ4n) is 1.46. The topological polar surface area (TPSA) is 55.5 Å². The van der Waals surface area contributed by atoms with Gasteiger partial charge in [0.15, 0.2) is 0 Å². The van der Waals surface area contributed by atoms with Gasteiger partial charge in [-0.1, -0.05) is 25.6 Å². The SMILES string of the molecule is C=Cc1c(/C=C(\CC)SOC)ccc(O)c1N. The maximum atomic E-state index is 9.53. The molecule has 0 heterocycles. The van der Waals surface area contributed by atoms with Crippen molar-refractivity contribution in [2.24, 2.45) is 0 Å². The minimum Gasteiger partial charge on any atom is -0.506 e. The minimum atomic E-state index is 0.0782. The molecule has 1 aromatic carbocycles. The molecule has 0 atom stereocenters. The van der Waals surface area contributed by atoms with Crippen LogP contribution in [0.25, 0.3) is 12.2 Å². The summed E-state index contributed by atoms with van der Waals surface area (Å²) in [6, 6.07) is 3.40. The van der Waals surface area contributed by atoms with E-state index in [1.54, 1.807) is 19.3 Å². The summed E-state index contributed by atoms with van der Waals surface area (Å²) in [4.78, 5) is 1.08. The molecule has 0 aliphatic heterocycles. The first kappa shape index (κ1) is 13.7. The molecule has 3 nitrogen and oxygen atoms in total. The minimum absolute atomic E-state index is 0.0782. The number of aromatic hydroxyl groups is 1. The summed E-state index contributed by atoms with van der Waals surface area (Å²) < 4.78 is 5.04. The average Bonchev–Trinajstić information content (AvgIpc) is 2.33. The van der Waals surface area contributed by atoms with Gasteiger partial charge < -0.3 is 15.0 Å². The Hall–Kier alpha value is -1.39. The molecule has 0 fully saturated rings. The van der Waals surface area contributed by atoms with E-state index in [1.807, 2.05) is 12.1 Å². The van der Waals surface area contributed by atoms with Gasteiger partial charge in [0.05, 0.1) is 12.8 Å². The molecular weight excluding hydrogens is 234 g/mol. The Morgan fingerprint density at radius 2 is 2.29 bits per heavy atom. The first-order valence-corrected chi connectivity index (χ1v) is 6.03. The van der Waals surface area contributed by atoms with E-state index in [2.05, 4.69) is 13.5 Å². The molecule has 0 saturated carbocycles. The lowest BCUT2D eigenvalue weighted by molar-refractivity contribution is 0.478. The van der Waals surface area contributed by atoms with Crippen LogP contribution in [0.4, 0.5) is 5.69 Å². The van der Waals surface area contributed by atoms with Crippen LogP contribution in [0.1, 0.15) is 24.5 Å². The molecule has 0 amide bonds. The van der Waals surface area contributed by atoms with Crippen molar-refractivity contribution in [1.82, 2.24) is 0 Å². The molecule has 0 unspecified atom stereocenters. The van der Waals surface area contributed by atoms with Gasteiger partial charge in [0, 0.05) is 22.5 Å². The van der Waals surface area contributed by atoms with Crippen molar-refractivity contribution in [3.63, 3.8) is 0 Å². The molecule has 0 radical (unpaired) electrons. The number of hydrogen-bond donors (Lipinski definition) is 2. The van der Waals surface area contributed by atoms with Gasteiger partial charge in [-0.25, -0.2) is 0 Å². The number of rotatable bonds is 5. The molecule has 1 rings (SSSR count). The average molecular weight is 251 g/mol. The molecule has 92 valence electrons. The Morgan fingerprint density at radius 1 is 1.59 bits per heavy atom. The Morgan fingerprint density at radius 3 is 2.82 bits per heavy atom. The maximum absolute atomic E-state index is 9.53. The van der Waals surface area contributed by atoms with E-state index >= 15 is 0 Å². The van der Waals surface area contributed by atoms with E-state index in [0.29, 0.717) is 5.69 Å². The lowest BCUT2D eigenvalue weighted by Gasteiger charge is -2.09. The van der Waals surface area contributed by atoms with Crippen molar-refractivity contribution in [1.29, 1.82) is 0 Å². The van der Waals surface area contributed by atoms with Crippen LogP contribution in [0, 0.1) is 0 Å². The van der Waals surface area contributed by atoms with Gasteiger partial charge in [0.25, 0.3) is 0 Å². The van der Waals surface area contributed by atoms with Crippen molar-refractivity contribution < 1.29 is 9.29 Å². The zero-order valence-electron chi connectivity index (χ0n) is 10.1. The van der Waals surface area contributed by atoms with Crippen LogP contribution in [0.3, 0.4) is 0 Å². The van der Waals surface area contributed by atoms with E-state index < -0.39 is 0 Å². The number of phenols is 1. The van der Waals surface area contributed by atoms with Gasteiger partial charge >= 0.3 is 0 Å². The molecule has 0 bridgehead atoms. The Labute approximate surface area is 106 Å². The summed E-state index contributed by atoms with van der Waals surface area (Å²) in [6.07, 6.45) is 4.50. The molecule has 0 aliphatic rings. The highest BCUT2D eigenvalue weighted by atomic mass is 32.2. The first-order valence-electron chi connectivity index (χ1n) is 5.29. The van der Waals surface area contributed by atoms with Crippen LogP contribution in [0.2, 0.25) is 0 Å². The van der Waals surface area contributed by atoms with E-state index in [9.17, 15) is 5.11 Å². The Kier molecular flexibility index (Phi) is 5.12. The lowest BCUT2D eigenvalue weighted by Crippen LogP contribution is -1.93. The molecule has 3 N–H and O–H groups in total. The quantitative estimate of drug-likeness (QED) is 0.476. The summed E-state index contributed by atoms with van der Waals surface area (Å²) >= 11 is 1.32. The number of benzene rings is 1. The van der Waals surface area contributed by atoms with E-state index in [4.69, 9.17) is 9.92 Å². The molecule has 17 heavy (non-hydrogen) atoms. The van der Waals surface area contributed by atoms with Gasteiger partial charge in [0.1, 0.15) is 5.75 Å². The second kappa shape index (κ2) is 6.37. The van der Waals surface area contributed by atoms with Crippen molar-refractivity contribution in [3.8, 4) is 5.75 Å². The van der Waals surface area contributed by atoms with Crippen molar-refractivity contribution in [2.75, 3.05) is 12.8 Å². The van der Waals surface area contributed by atoms with E-state index in [0.717, 1.165) is 22.5 Å². The second-order valence-electron chi connectivity index (χ2n) is 3.42. The first-order chi connectivity index (χ1) is 8.13. The van der Waals surface area contributed by atoms with Gasteiger partial charge in [-0.15, -0.1) is 0 Å². The lowest BCUT2D eigenvalue weighted by atomic mass is 10.0. The highest BCUT2D eigenvalue weighted by Crippen LogP contribution is 2.31. The maximum Gasteiger partial charge on any atom is 0.139 e. The van der Waals surface area contributed by atoms with Crippen molar-refractivity contribution in [2.45, 2.75) is 13.3 Å². The van der Waals surface area contributed by atoms with E-state index in [-0.39, 0.29) is 5.75 Å². The molecule has 0 aliphatic carbocycles. The zero-order valence-corrected chi connectivity index (χ0v) is 10.9. The summed E-state index contributed by atoms with van der Waals surface area (Å²) in [6.45, 7) is 5.77. The van der Waals surface area contributed by atoms with Gasteiger partial charge in [-0.3, -0.25) is 0 Å². The highest BCUT2D eigenvalue weighted by molar-refractivity contribution is 7.98. The predicted octanol–water partition coefficient (Wildman–Crippen LogP) is 3.66. The predicted molar refractivity (Wildman–Crippen MR) is 75.5 cm³/mol. The molecular formula is C13H17NO2S. The second-order valence-corrected chi connectivity index (χ2v) is 4.44. The van der Waals surface area contributed by atoms with Crippen LogP contribution in [0.5, 0.6) is 5.75 Å². The standard InChI is InChI=1S/C13H17NO2S/c1-4-10(17-16-3)8-9-6-7-12(15)13(14)11(9)5-2/h5-8,15H,2,4,14H2,1,3H3/b10-8+. The Balaban J connectivity index is 3.22. The summed E-state index contributed by atoms with van der Waals surface area (Å²) in [5, 5.41) is 9.53. The van der Waals surface area contributed by atoms with Crippen LogP contribution in [-0.2, 0) is 4.18 Å². The normalized spacial score (nSPS) is 11.5. The molecule has 1 aromatic rings. The Bertz CT molecular complexity index is 441. The van der Waals surface area contributed by atoms with Crippen LogP contribution in [-0.4, -0.2) is 12.2 Å². The molecule has 0 spiro atoms. The smallest absolute Gasteiger partial charge is 0.139 e. The third kappa shape index (κ3) is 3.28. The number of nitrogen functional groups attached to an aromatic ring is 1. The third-order valence-corrected chi connectivity index (χ3v) is 3.14. The summed E-state index contributed by atoms with van der Waals surface area (Å²) in [7, 11) is 1.63. The number of anilines is 1. The molecule has 0 saturated heterocycles. The van der Waals surface area contributed by atoms with Gasteiger partial charge in [-0.05, 0) is 24.1 Å². The van der Waals surface area contributed by atoms with Crippen LogP contribution >= 0.6 is 12.0 Å². The number of hydrogen-bond acceptors (Lipinski definition) is 4. The van der Waals surface area contributed by atoms with Crippen LogP contribution < -0.4 is 5.73 Å². The van der Waals surface area contributed by atoms with Crippen molar-refractivity contribution in [3.05, 3.63) is 34.7 Å². The fourth-order valence-corrected chi connectivity index (χ4v) is 1.97. The largest absolute Gasteiger partial charge is 0.506 e. The fraction of sp³-hybridized carbons (Fsp3) is 0.231. The van der Waals surface area contributed by atoms with Gasteiger partial charge in [0.2, 0.25) is 0 Å². The monoisotopic (exact) mass is 251 g/mol. The molecule has 0 aromatic heterocycles. The third-order valence-electron chi connectivity index (χ3n) is 2.36. The summed E-state index contributed by atoms with van der Waals surface area (Å²) in [5.74, 6) is 0.0782. The number of allylic oxidation sites excluding steroid dienone is 1. The number of nitrogens with two attached hydrogens (primary N) is 1. The molecule has 4 heteroatoms. The summed E-state index contributed by atoms with van der Waals surface area (Å²) in [5.41, 5.74) is 7.82. The van der Waals surface area contributed by atoms with E-state index in [1.165, 1.54) is 12.0 Å². The zero-order chi connectivity index (χ0) is 12.8. The van der Waals surface area contributed by atoms with Crippen molar-refractivity contribution >= 4 is 29.9 Å². The van der Waals surface area contributed by atoms with Gasteiger partial charge in [-0.2, -0.15) is 0 Å². The number of phenolic OH excluding ortho intramolecular Hbond substituents is 1.